The highest BCUT2D eigenvalue weighted by atomic mass is 16.2. The van der Waals surface area contributed by atoms with Gasteiger partial charge in [-0.05, 0) is 30.5 Å². The molecule has 0 atom stereocenters. The van der Waals surface area contributed by atoms with E-state index in [4.69, 9.17) is 4.11 Å². The summed E-state index contributed by atoms with van der Waals surface area (Å²) >= 11 is 0. The molecule has 0 spiro atoms. The van der Waals surface area contributed by atoms with Crippen LogP contribution in [0.4, 0.5) is 22.7 Å². The van der Waals surface area contributed by atoms with Gasteiger partial charge in [0.25, 0.3) is 5.91 Å². The highest BCUT2D eigenvalue weighted by molar-refractivity contribution is 6.05. The van der Waals surface area contributed by atoms with Crippen LogP contribution < -0.4 is 20.9 Å². The maximum atomic E-state index is 12.8. The van der Waals surface area contributed by atoms with Crippen molar-refractivity contribution < 1.29 is 13.7 Å². The molecule has 1 aliphatic carbocycles. The number of amides is 2. The minimum absolute atomic E-state index is 0.0890. The van der Waals surface area contributed by atoms with Gasteiger partial charge in [0, 0.05) is 42.4 Å². The Morgan fingerprint density at radius 3 is 2.88 bits per heavy atom. The van der Waals surface area contributed by atoms with Crippen molar-refractivity contribution in [2.75, 3.05) is 29.6 Å². The number of nitrogens with zero attached hydrogens (tertiary/aromatic N) is 4. The zero-order chi connectivity index (χ0) is 24.7. The van der Waals surface area contributed by atoms with Crippen LogP contribution in [0.2, 0.25) is 0 Å². The van der Waals surface area contributed by atoms with Crippen molar-refractivity contribution in [3.63, 3.8) is 0 Å². The van der Waals surface area contributed by atoms with Gasteiger partial charge in [0.15, 0.2) is 5.69 Å². The van der Waals surface area contributed by atoms with Crippen molar-refractivity contribution in [3.8, 4) is 11.3 Å². The largest absolute Gasteiger partial charge is 0.368 e. The number of nitrogens with one attached hydrogen (secondary N) is 3. The summed E-state index contributed by atoms with van der Waals surface area (Å²) in [6.07, 6.45) is 4.67. The van der Waals surface area contributed by atoms with E-state index in [1.807, 2.05) is 42.7 Å². The lowest BCUT2D eigenvalue weighted by Crippen LogP contribution is -2.25. The summed E-state index contributed by atoms with van der Waals surface area (Å²) in [6, 6.07) is 9.58. The number of carbonyl (C=O) groups is 2. The summed E-state index contributed by atoms with van der Waals surface area (Å²) < 4.78 is 22.2. The fraction of sp³-hybridized carbons (Fsp3) is 0.261. The number of benzene rings is 1. The van der Waals surface area contributed by atoms with Crippen molar-refractivity contribution in [3.05, 3.63) is 54.0 Å². The molecule has 1 fully saturated rings. The first-order chi connectivity index (χ1) is 16.7. The van der Waals surface area contributed by atoms with Crippen molar-refractivity contribution in [2.45, 2.75) is 19.4 Å². The van der Waals surface area contributed by atoms with Crippen LogP contribution in [0.15, 0.2) is 42.7 Å². The number of aromatic nitrogens is 3. The SMILES string of the molecule is [2H]C([2H])([2H])NC(=O)c1nncc(NC(=O)C2CC2)c1Nc1cccc2c1N(C)Cc1cccnc1-2. The smallest absolute Gasteiger partial charge is 0.273 e. The molecular weight excluding hydrogens is 406 g/mol. The van der Waals surface area contributed by atoms with E-state index < -0.39 is 12.9 Å². The zero-order valence-electron chi connectivity index (χ0n) is 20.3. The molecule has 2 amide bonds. The van der Waals surface area contributed by atoms with Crippen LogP contribution in [0.1, 0.15) is 33.0 Å². The third-order valence-electron chi connectivity index (χ3n) is 5.62. The predicted molar refractivity (Wildman–Crippen MR) is 122 cm³/mol. The predicted octanol–water partition coefficient (Wildman–Crippen LogP) is 2.94. The van der Waals surface area contributed by atoms with E-state index in [1.54, 1.807) is 6.20 Å². The van der Waals surface area contributed by atoms with Crippen molar-refractivity contribution >= 4 is 34.6 Å². The minimum Gasteiger partial charge on any atom is -0.368 e. The Labute approximate surface area is 189 Å². The summed E-state index contributed by atoms with van der Waals surface area (Å²) in [6.45, 7) is -2.09. The average molecular weight is 433 g/mol. The highest BCUT2D eigenvalue weighted by Crippen LogP contribution is 2.43. The number of fused-ring (bicyclic) bond motifs is 3. The Morgan fingerprint density at radius 2 is 2.06 bits per heavy atom. The van der Waals surface area contributed by atoms with Gasteiger partial charge < -0.3 is 20.9 Å². The Kier molecular flexibility index (Phi) is 4.12. The Morgan fingerprint density at radius 1 is 1.19 bits per heavy atom. The quantitative estimate of drug-likeness (QED) is 0.568. The summed E-state index contributed by atoms with van der Waals surface area (Å²) in [4.78, 5) is 32.0. The monoisotopic (exact) mass is 432 g/mol. The van der Waals surface area contributed by atoms with Gasteiger partial charge in [-0.15, -0.1) is 5.10 Å². The Bertz CT molecular complexity index is 1320. The fourth-order valence-electron chi connectivity index (χ4n) is 3.93. The first-order valence-corrected chi connectivity index (χ1v) is 10.3. The minimum atomic E-state index is -2.72. The second-order valence-corrected chi connectivity index (χ2v) is 7.89. The molecule has 162 valence electrons. The van der Waals surface area contributed by atoms with Crippen molar-refractivity contribution in [1.29, 1.82) is 0 Å². The second-order valence-electron chi connectivity index (χ2n) is 7.89. The molecule has 9 nitrogen and oxygen atoms in total. The number of rotatable bonds is 5. The Balaban J connectivity index is 1.59. The number of hydrogen-bond acceptors (Lipinski definition) is 7. The van der Waals surface area contributed by atoms with Crippen LogP contribution in [-0.4, -0.2) is 41.0 Å². The van der Waals surface area contributed by atoms with Gasteiger partial charge in [-0.1, -0.05) is 18.2 Å². The number of pyridine rings is 1. The molecule has 9 heteroatoms. The molecule has 1 saturated carbocycles. The van der Waals surface area contributed by atoms with Gasteiger partial charge in [-0.25, -0.2) is 0 Å². The van der Waals surface area contributed by atoms with Crippen LogP contribution in [0, 0.1) is 5.92 Å². The molecule has 2 aliphatic rings. The van der Waals surface area contributed by atoms with Gasteiger partial charge in [0.1, 0.15) is 0 Å². The number of hydrogen-bond donors (Lipinski definition) is 3. The molecule has 2 aromatic heterocycles. The lowest BCUT2D eigenvalue weighted by Gasteiger charge is -2.31. The van der Waals surface area contributed by atoms with E-state index >= 15 is 0 Å². The maximum Gasteiger partial charge on any atom is 0.273 e. The third-order valence-corrected chi connectivity index (χ3v) is 5.62. The summed E-state index contributed by atoms with van der Waals surface area (Å²) in [7, 11) is 1.95. The molecule has 0 saturated heterocycles. The third kappa shape index (κ3) is 3.51. The van der Waals surface area contributed by atoms with E-state index in [2.05, 4.69) is 30.7 Å². The molecule has 1 aliphatic heterocycles. The normalized spacial score (nSPS) is 16.0. The van der Waals surface area contributed by atoms with E-state index in [0.717, 1.165) is 35.3 Å². The fourth-order valence-corrected chi connectivity index (χ4v) is 3.93. The standard InChI is InChI=1S/C23H23N7O2/c1-24-23(32)20-19(17(11-26-29-20)28-22(31)13-8-9-13)27-16-7-3-6-15-18-14(5-4-10-25-18)12-30(2)21(15)16/h3-7,10-11,13H,8-9,12H2,1-2H3,(H,24,32)(H,26,27)(H,28,29,31)/i1D3. The first-order valence-electron chi connectivity index (χ1n) is 11.8. The van der Waals surface area contributed by atoms with Gasteiger partial charge >= 0.3 is 0 Å². The van der Waals surface area contributed by atoms with Crippen LogP contribution in [0.5, 0.6) is 0 Å². The van der Waals surface area contributed by atoms with Crippen molar-refractivity contribution in [1.82, 2.24) is 20.5 Å². The summed E-state index contributed by atoms with van der Waals surface area (Å²) in [5.74, 6) is -1.21. The molecule has 32 heavy (non-hydrogen) atoms. The van der Waals surface area contributed by atoms with Crippen LogP contribution >= 0.6 is 0 Å². The molecule has 5 rings (SSSR count). The van der Waals surface area contributed by atoms with E-state index in [9.17, 15) is 9.59 Å². The molecule has 3 heterocycles. The summed E-state index contributed by atoms with van der Waals surface area (Å²) in [5.41, 5.74) is 4.48. The zero-order valence-corrected chi connectivity index (χ0v) is 17.3. The second kappa shape index (κ2) is 7.92. The molecule has 0 radical (unpaired) electrons. The Hall–Kier alpha value is -4.01. The van der Waals surface area contributed by atoms with Gasteiger partial charge in [-0.3, -0.25) is 14.6 Å². The first kappa shape index (κ1) is 16.7. The van der Waals surface area contributed by atoms with E-state index in [1.165, 1.54) is 6.20 Å². The average Bonchev–Trinajstić information content (AvgIpc) is 3.65. The molecule has 0 bridgehead atoms. The number of carbonyl (C=O) groups excluding carboxylic acids is 2. The highest BCUT2D eigenvalue weighted by Gasteiger charge is 2.31. The van der Waals surface area contributed by atoms with Crippen LogP contribution in [0.25, 0.3) is 11.3 Å². The number of para-hydroxylation sites is 1. The lowest BCUT2D eigenvalue weighted by atomic mass is 9.97. The molecule has 1 aromatic carbocycles. The lowest BCUT2D eigenvalue weighted by molar-refractivity contribution is -0.117. The summed E-state index contributed by atoms with van der Waals surface area (Å²) in [5, 5.41) is 15.7. The molecule has 0 unspecified atom stereocenters. The molecule has 3 aromatic rings. The molecule has 3 N–H and O–H groups in total. The molecular formula is C23H23N7O2. The van der Waals surface area contributed by atoms with Gasteiger partial charge in [0.05, 0.1) is 34.6 Å². The topological polar surface area (TPSA) is 112 Å². The van der Waals surface area contributed by atoms with E-state index in [-0.39, 0.29) is 28.9 Å². The van der Waals surface area contributed by atoms with Gasteiger partial charge in [-0.2, -0.15) is 5.10 Å². The van der Waals surface area contributed by atoms with Crippen molar-refractivity contribution in [2.24, 2.45) is 5.92 Å². The number of anilines is 4. The van der Waals surface area contributed by atoms with Crippen LogP contribution in [0.3, 0.4) is 0 Å². The van der Waals surface area contributed by atoms with Gasteiger partial charge in [0.2, 0.25) is 5.91 Å². The maximum absolute atomic E-state index is 12.8. The van der Waals surface area contributed by atoms with E-state index in [0.29, 0.717) is 12.2 Å². The van der Waals surface area contributed by atoms with Crippen LogP contribution in [-0.2, 0) is 11.3 Å².